The molecule has 100 valence electrons. The Bertz CT molecular complexity index is 405. The lowest BCUT2D eigenvalue weighted by Gasteiger charge is -2.31. The van der Waals surface area contributed by atoms with E-state index in [2.05, 4.69) is 10.00 Å². The van der Waals surface area contributed by atoms with E-state index in [1.807, 2.05) is 19.4 Å². The zero-order valence-corrected chi connectivity index (χ0v) is 10.8. The Labute approximate surface area is 106 Å². The molecule has 6 nitrogen and oxygen atoms in total. The van der Waals surface area contributed by atoms with Gasteiger partial charge >= 0.3 is 5.97 Å². The van der Waals surface area contributed by atoms with Crippen LogP contribution in [-0.2, 0) is 27.7 Å². The van der Waals surface area contributed by atoms with Crippen LogP contribution in [0.1, 0.15) is 5.56 Å². The highest BCUT2D eigenvalue weighted by Gasteiger charge is 2.26. The van der Waals surface area contributed by atoms with Gasteiger partial charge in [0.1, 0.15) is 0 Å². The van der Waals surface area contributed by atoms with Crippen molar-refractivity contribution in [1.82, 2.24) is 14.7 Å². The van der Waals surface area contributed by atoms with Gasteiger partial charge in [-0.1, -0.05) is 0 Å². The molecule has 1 saturated heterocycles. The van der Waals surface area contributed by atoms with E-state index in [9.17, 15) is 4.79 Å². The van der Waals surface area contributed by atoms with Crippen molar-refractivity contribution in [2.45, 2.75) is 12.5 Å². The standard InChI is InChI=1S/C12H19N3O3/c1-14-8-10(7-13-14)3-4-15-5-6-18-11(9-15)12(16)17-2/h7-8,11H,3-6,9H2,1-2H3. The highest BCUT2D eigenvalue weighted by Crippen LogP contribution is 2.08. The summed E-state index contributed by atoms with van der Waals surface area (Å²) < 4.78 is 11.9. The topological polar surface area (TPSA) is 56.6 Å². The molecule has 6 heteroatoms. The molecular weight excluding hydrogens is 234 g/mol. The third-order valence-electron chi connectivity index (χ3n) is 3.09. The van der Waals surface area contributed by atoms with Crippen LogP contribution in [0.5, 0.6) is 0 Å². The van der Waals surface area contributed by atoms with Gasteiger partial charge in [0.05, 0.1) is 19.9 Å². The Morgan fingerprint density at radius 1 is 1.67 bits per heavy atom. The van der Waals surface area contributed by atoms with Gasteiger partial charge in [0.25, 0.3) is 0 Å². The zero-order valence-electron chi connectivity index (χ0n) is 10.8. The van der Waals surface area contributed by atoms with E-state index < -0.39 is 6.10 Å². The summed E-state index contributed by atoms with van der Waals surface area (Å²) in [6, 6.07) is 0. The second-order valence-electron chi connectivity index (χ2n) is 4.46. The van der Waals surface area contributed by atoms with Crippen LogP contribution in [0, 0.1) is 0 Å². The number of aryl methyl sites for hydroxylation is 1. The van der Waals surface area contributed by atoms with Gasteiger partial charge in [-0.2, -0.15) is 5.10 Å². The predicted octanol–water partition coefficient (Wildman–Crippen LogP) is -0.164. The van der Waals surface area contributed by atoms with Gasteiger partial charge in [0, 0.05) is 32.9 Å². The maximum atomic E-state index is 11.4. The van der Waals surface area contributed by atoms with Crippen molar-refractivity contribution in [2.24, 2.45) is 7.05 Å². The third-order valence-corrected chi connectivity index (χ3v) is 3.09. The Hall–Kier alpha value is -1.40. The molecule has 0 amide bonds. The van der Waals surface area contributed by atoms with Crippen LogP contribution in [0.3, 0.4) is 0 Å². The largest absolute Gasteiger partial charge is 0.467 e. The minimum atomic E-state index is -0.447. The van der Waals surface area contributed by atoms with Crippen LogP contribution in [0.25, 0.3) is 0 Å². The summed E-state index contributed by atoms with van der Waals surface area (Å²) in [6.45, 7) is 2.94. The summed E-state index contributed by atoms with van der Waals surface area (Å²) in [4.78, 5) is 13.6. The van der Waals surface area contributed by atoms with Gasteiger partial charge in [0.2, 0.25) is 0 Å². The van der Waals surface area contributed by atoms with Crippen LogP contribution in [0.4, 0.5) is 0 Å². The van der Waals surface area contributed by atoms with E-state index in [4.69, 9.17) is 9.47 Å². The van der Waals surface area contributed by atoms with Crippen molar-refractivity contribution in [1.29, 1.82) is 0 Å². The molecular formula is C12H19N3O3. The van der Waals surface area contributed by atoms with Crippen molar-refractivity contribution in [3.05, 3.63) is 18.0 Å². The lowest BCUT2D eigenvalue weighted by Crippen LogP contribution is -2.47. The second kappa shape index (κ2) is 5.97. The average Bonchev–Trinajstić information content (AvgIpc) is 2.81. The van der Waals surface area contributed by atoms with Crippen molar-refractivity contribution < 1.29 is 14.3 Å². The molecule has 0 bridgehead atoms. The molecule has 1 unspecified atom stereocenters. The van der Waals surface area contributed by atoms with E-state index in [0.717, 1.165) is 19.5 Å². The monoisotopic (exact) mass is 253 g/mol. The SMILES string of the molecule is COC(=O)C1CN(CCc2cnn(C)c2)CCO1. The first-order valence-corrected chi connectivity index (χ1v) is 6.08. The van der Waals surface area contributed by atoms with Crippen LogP contribution < -0.4 is 0 Å². The number of esters is 1. The number of hydrogen-bond donors (Lipinski definition) is 0. The summed E-state index contributed by atoms with van der Waals surface area (Å²) in [5, 5.41) is 4.14. The molecule has 2 heterocycles. The molecule has 1 aromatic rings. The summed E-state index contributed by atoms with van der Waals surface area (Å²) in [7, 11) is 3.30. The van der Waals surface area contributed by atoms with Gasteiger partial charge in [-0.25, -0.2) is 4.79 Å². The number of rotatable bonds is 4. The van der Waals surface area contributed by atoms with Gasteiger partial charge in [-0.3, -0.25) is 9.58 Å². The maximum Gasteiger partial charge on any atom is 0.336 e. The van der Waals surface area contributed by atoms with Crippen LogP contribution >= 0.6 is 0 Å². The van der Waals surface area contributed by atoms with Gasteiger partial charge in [-0.15, -0.1) is 0 Å². The normalized spacial score (nSPS) is 20.9. The van der Waals surface area contributed by atoms with Gasteiger partial charge < -0.3 is 9.47 Å². The molecule has 0 aromatic carbocycles. The summed E-state index contributed by atoms with van der Waals surface area (Å²) in [5.74, 6) is -0.291. The number of nitrogens with zero attached hydrogens (tertiary/aromatic N) is 3. The maximum absolute atomic E-state index is 11.4. The van der Waals surface area contributed by atoms with Crippen molar-refractivity contribution >= 4 is 5.97 Å². The molecule has 18 heavy (non-hydrogen) atoms. The summed E-state index contributed by atoms with van der Waals surface area (Å²) >= 11 is 0. The Balaban J connectivity index is 1.80. The average molecular weight is 253 g/mol. The van der Waals surface area contributed by atoms with Crippen molar-refractivity contribution in [3.8, 4) is 0 Å². The minimum Gasteiger partial charge on any atom is -0.467 e. The van der Waals surface area contributed by atoms with E-state index in [1.165, 1.54) is 12.7 Å². The fourth-order valence-corrected chi connectivity index (χ4v) is 2.07. The number of carbonyl (C=O) groups excluding carboxylic acids is 1. The molecule has 0 saturated carbocycles. The first kappa shape index (κ1) is 13.0. The number of aromatic nitrogens is 2. The number of morpholine rings is 1. The quantitative estimate of drug-likeness (QED) is 0.698. The smallest absolute Gasteiger partial charge is 0.336 e. The molecule has 0 aliphatic carbocycles. The highest BCUT2D eigenvalue weighted by atomic mass is 16.6. The number of hydrogen-bond acceptors (Lipinski definition) is 5. The zero-order chi connectivity index (χ0) is 13.0. The number of methoxy groups -OCH3 is 1. The fraction of sp³-hybridized carbons (Fsp3) is 0.667. The van der Waals surface area contributed by atoms with E-state index in [-0.39, 0.29) is 5.97 Å². The molecule has 1 aliphatic heterocycles. The second-order valence-corrected chi connectivity index (χ2v) is 4.46. The number of carbonyl (C=O) groups is 1. The first-order chi connectivity index (χ1) is 8.69. The van der Waals surface area contributed by atoms with E-state index in [0.29, 0.717) is 13.2 Å². The van der Waals surface area contributed by atoms with Crippen LogP contribution in [0.15, 0.2) is 12.4 Å². The Morgan fingerprint density at radius 3 is 3.17 bits per heavy atom. The third kappa shape index (κ3) is 3.30. The predicted molar refractivity (Wildman–Crippen MR) is 65.1 cm³/mol. The molecule has 1 aromatic heterocycles. The first-order valence-electron chi connectivity index (χ1n) is 6.08. The lowest BCUT2D eigenvalue weighted by molar-refractivity contribution is -0.159. The minimum absolute atomic E-state index is 0.291. The fourth-order valence-electron chi connectivity index (χ4n) is 2.07. The molecule has 1 atom stereocenters. The molecule has 0 spiro atoms. The molecule has 2 rings (SSSR count). The van der Waals surface area contributed by atoms with Crippen molar-refractivity contribution in [2.75, 3.05) is 33.4 Å². The Morgan fingerprint density at radius 2 is 2.50 bits per heavy atom. The van der Waals surface area contributed by atoms with Crippen LogP contribution in [-0.4, -0.2) is 60.1 Å². The van der Waals surface area contributed by atoms with E-state index in [1.54, 1.807) is 4.68 Å². The van der Waals surface area contributed by atoms with Crippen LogP contribution in [0.2, 0.25) is 0 Å². The van der Waals surface area contributed by atoms with Gasteiger partial charge in [-0.05, 0) is 12.0 Å². The summed E-state index contributed by atoms with van der Waals surface area (Å²) in [5.41, 5.74) is 1.21. The molecule has 0 N–H and O–H groups in total. The molecule has 0 radical (unpaired) electrons. The van der Waals surface area contributed by atoms with Gasteiger partial charge in [0.15, 0.2) is 6.10 Å². The molecule has 1 fully saturated rings. The number of ether oxygens (including phenoxy) is 2. The summed E-state index contributed by atoms with van der Waals surface area (Å²) in [6.07, 6.45) is 4.37. The Kier molecular flexibility index (Phi) is 4.33. The highest BCUT2D eigenvalue weighted by molar-refractivity contribution is 5.74. The van der Waals surface area contributed by atoms with Crippen molar-refractivity contribution in [3.63, 3.8) is 0 Å². The molecule has 1 aliphatic rings. The lowest BCUT2D eigenvalue weighted by atomic mass is 10.2. The van der Waals surface area contributed by atoms with E-state index >= 15 is 0 Å².